The number of aryl methyl sites for hydroxylation is 4. The van der Waals surface area contributed by atoms with Crippen molar-refractivity contribution in [3.8, 4) is 0 Å². The van der Waals surface area contributed by atoms with Gasteiger partial charge in [0.05, 0.1) is 29.2 Å². The highest BCUT2D eigenvalue weighted by Gasteiger charge is 2.12. The van der Waals surface area contributed by atoms with Crippen molar-refractivity contribution >= 4 is 5.91 Å². The Morgan fingerprint density at radius 2 is 2.06 bits per heavy atom. The number of aromatic nitrogens is 4. The first kappa shape index (κ1) is 12.3. The van der Waals surface area contributed by atoms with Crippen molar-refractivity contribution in [3.63, 3.8) is 0 Å². The molecule has 96 valence electrons. The van der Waals surface area contributed by atoms with Crippen molar-refractivity contribution in [1.82, 2.24) is 24.9 Å². The first-order valence-electron chi connectivity index (χ1n) is 5.75. The molecule has 0 aliphatic heterocycles. The molecule has 0 aliphatic rings. The van der Waals surface area contributed by atoms with Crippen molar-refractivity contribution in [2.75, 3.05) is 0 Å². The van der Waals surface area contributed by atoms with Crippen LogP contribution in [0, 0.1) is 13.8 Å². The maximum Gasteiger partial charge on any atom is 0.255 e. The normalized spacial score (nSPS) is 10.7. The van der Waals surface area contributed by atoms with E-state index in [1.165, 1.54) is 0 Å². The van der Waals surface area contributed by atoms with Crippen LogP contribution in [0.2, 0.25) is 0 Å². The van der Waals surface area contributed by atoms with Crippen LogP contribution >= 0.6 is 0 Å². The fraction of sp³-hybridized carbons (Fsp3) is 0.417. The predicted octanol–water partition coefficient (Wildman–Crippen LogP) is 0.700. The summed E-state index contributed by atoms with van der Waals surface area (Å²) in [5.41, 5.74) is 3.26. The average Bonchev–Trinajstić information content (AvgIpc) is 2.78. The number of carbonyl (C=O) groups is 1. The number of carbonyl (C=O) groups excluding carboxylic acids is 1. The maximum atomic E-state index is 12.0. The summed E-state index contributed by atoms with van der Waals surface area (Å²) in [6, 6.07) is 1.95. The highest BCUT2D eigenvalue weighted by molar-refractivity contribution is 5.94. The smallest absolute Gasteiger partial charge is 0.255 e. The Morgan fingerprint density at radius 3 is 2.56 bits per heavy atom. The Morgan fingerprint density at radius 1 is 1.33 bits per heavy atom. The minimum absolute atomic E-state index is 0.112. The molecule has 1 N–H and O–H groups in total. The van der Waals surface area contributed by atoms with E-state index < -0.39 is 0 Å². The van der Waals surface area contributed by atoms with Crippen LogP contribution in [0.25, 0.3) is 0 Å². The van der Waals surface area contributed by atoms with Gasteiger partial charge in [0.25, 0.3) is 5.91 Å². The highest BCUT2D eigenvalue weighted by Crippen LogP contribution is 2.06. The van der Waals surface area contributed by atoms with Crippen LogP contribution in [0.5, 0.6) is 0 Å². The van der Waals surface area contributed by atoms with Crippen molar-refractivity contribution < 1.29 is 4.79 Å². The lowest BCUT2D eigenvalue weighted by molar-refractivity contribution is 0.0949. The Bertz CT molecular complexity index is 581. The molecule has 18 heavy (non-hydrogen) atoms. The van der Waals surface area contributed by atoms with Gasteiger partial charge in [0.15, 0.2) is 0 Å². The van der Waals surface area contributed by atoms with E-state index in [1.807, 2.05) is 27.0 Å². The van der Waals surface area contributed by atoms with Gasteiger partial charge in [-0.3, -0.25) is 14.2 Å². The second-order valence-corrected chi connectivity index (χ2v) is 4.39. The summed E-state index contributed by atoms with van der Waals surface area (Å²) in [6.07, 6.45) is 1.72. The van der Waals surface area contributed by atoms with Gasteiger partial charge in [-0.15, -0.1) is 0 Å². The second kappa shape index (κ2) is 4.64. The Hall–Kier alpha value is -2.11. The van der Waals surface area contributed by atoms with Crippen molar-refractivity contribution in [3.05, 3.63) is 34.9 Å². The van der Waals surface area contributed by atoms with Crippen LogP contribution in [0.15, 0.2) is 12.3 Å². The molecule has 1 amide bonds. The standard InChI is InChI=1S/C12H17N5O/c1-8-5-10(17(4)14-8)6-13-12(18)11-7-16(3)15-9(11)2/h5,7H,6H2,1-4H3,(H,13,18). The minimum atomic E-state index is -0.112. The largest absolute Gasteiger partial charge is 0.346 e. The molecule has 6 nitrogen and oxygen atoms in total. The number of nitrogens with zero attached hydrogens (tertiary/aromatic N) is 4. The zero-order valence-corrected chi connectivity index (χ0v) is 11.1. The lowest BCUT2D eigenvalue weighted by Gasteiger charge is -2.04. The fourth-order valence-electron chi connectivity index (χ4n) is 1.92. The Kier molecular flexibility index (Phi) is 3.18. The van der Waals surface area contributed by atoms with E-state index in [0.29, 0.717) is 12.1 Å². The summed E-state index contributed by atoms with van der Waals surface area (Å²) < 4.78 is 3.41. The van der Waals surface area contributed by atoms with Crippen LogP contribution in [-0.4, -0.2) is 25.5 Å². The molecule has 0 aliphatic carbocycles. The molecule has 0 unspecified atom stereocenters. The average molecular weight is 247 g/mol. The zero-order chi connectivity index (χ0) is 13.3. The van der Waals surface area contributed by atoms with Gasteiger partial charge in [0, 0.05) is 20.3 Å². The van der Waals surface area contributed by atoms with E-state index in [2.05, 4.69) is 15.5 Å². The lowest BCUT2D eigenvalue weighted by atomic mass is 10.2. The molecule has 0 aromatic carbocycles. The molecule has 0 atom stereocenters. The maximum absolute atomic E-state index is 12.0. The van der Waals surface area contributed by atoms with Crippen LogP contribution in [-0.2, 0) is 20.6 Å². The quantitative estimate of drug-likeness (QED) is 0.868. The van der Waals surface area contributed by atoms with Gasteiger partial charge >= 0.3 is 0 Å². The molecule has 6 heteroatoms. The minimum Gasteiger partial charge on any atom is -0.346 e. The predicted molar refractivity (Wildman–Crippen MR) is 67.1 cm³/mol. The number of hydrogen-bond donors (Lipinski definition) is 1. The van der Waals surface area contributed by atoms with Gasteiger partial charge < -0.3 is 5.32 Å². The number of rotatable bonds is 3. The van der Waals surface area contributed by atoms with Crippen molar-refractivity contribution in [2.45, 2.75) is 20.4 Å². The molecule has 0 saturated carbocycles. The van der Waals surface area contributed by atoms with Gasteiger partial charge in [-0.2, -0.15) is 10.2 Å². The fourth-order valence-corrected chi connectivity index (χ4v) is 1.92. The zero-order valence-electron chi connectivity index (χ0n) is 11.1. The molecular formula is C12H17N5O. The number of nitrogens with one attached hydrogen (secondary N) is 1. The summed E-state index contributed by atoms with van der Waals surface area (Å²) in [5, 5.41) is 11.2. The molecular weight excluding hydrogens is 230 g/mol. The number of amides is 1. The van der Waals surface area contributed by atoms with E-state index in [4.69, 9.17) is 0 Å². The van der Waals surface area contributed by atoms with Crippen molar-refractivity contribution in [1.29, 1.82) is 0 Å². The topological polar surface area (TPSA) is 64.7 Å². The first-order valence-corrected chi connectivity index (χ1v) is 5.75. The van der Waals surface area contributed by atoms with Gasteiger partial charge in [0.2, 0.25) is 0 Å². The first-order chi connectivity index (χ1) is 8.47. The lowest BCUT2D eigenvalue weighted by Crippen LogP contribution is -2.24. The van der Waals surface area contributed by atoms with E-state index in [9.17, 15) is 4.79 Å². The molecule has 0 saturated heterocycles. The third kappa shape index (κ3) is 2.42. The monoisotopic (exact) mass is 247 g/mol. The van der Waals surface area contributed by atoms with Crippen LogP contribution in [0.3, 0.4) is 0 Å². The summed E-state index contributed by atoms with van der Waals surface area (Å²) in [5.74, 6) is -0.112. The molecule has 0 fully saturated rings. The molecule has 2 aromatic heterocycles. The highest BCUT2D eigenvalue weighted by atomic mass is 16.1. The van der Waals surface area contributed by atoms with Crippen LogP contribution in [0.4, 0.5) is 0 Å². The van der Waals surface area contributed by atoms with E-state index in [0.717, 1.165) is 17.1 Å². The Labute approximate surface area is 106 Å². The summed E-state index contributed by atoms with van der Waals surface area (Å²) in [4.78, 5) is 12.0. The SMILES string of the molecule is Cc1cc(CNC(=O)c2cn(C)nc2C)n(C)n1. The van der Waals surface area contributed by atoms with Gasteiger partial charge in [-0.05, 0) is 19.9 Å². The van der Waals surface area contributed by atoms with E-state index >= 15 is 0 Å². The van der Waals surface area contributed by atoms with Gasteiger partial charge in [-0.1, -0.05) is 0 Å². The molecule has 0 radical (unpaired) electrons. The molecule has 2 heterocycles. The van der Waals surface area contributed by atoms with E-state index in [-0.39, 0.29) is 5.91 Å². The summed E-state index contributed by atoms with van der Waals surface area (Å²) >= 11 is 0. The molecule has 0 spiro atoms. The molecule has 0 bridgehead atoms. The third-order valence-electron chi connectivity index (χ3n) is 2.79. The van der Waals surface area contributed by atoms with Gasteiger partial charge in [0.1, 0.15) is 0 Å². The summed E-state index contributed by atoms with van der Waals surface area (Å²) in [6.45, 7) is 4.21. The summed E-state index contributed by atoms with van der Waals surface area (Å²) in [7, 11) is 3.66. The second-order valence-electron chi connectivity index (χ2n) is 4.39. The number of hydrogen-bond acceptors (Lipinski definition) is 3. The molecule has 2 aromatic rings. The third-order valence-corrected chi connectivity index (χ3v) is 2.79. The Balaban J connectivity index is 2.05. The van der Waals surface area contributed by atoms with E-state index in [1.54, 1.807) is 22.6 Å². The van der Waals surface area contributed by atoms with Crippen LogP contribution < -0.4 is 5.32 Å². The van der Waals surface area contributed by atoms with Crippen molar-refractivity contribution in [2.24, 2.45) is 14.1 Å². The van der Waals surface area contributed by atoms with Crippen LogP contribution in [0.1, 0.15) is 27.4 Å². The molecule has 2 rings (SSSR count). The van der Waals surface area contributed by atoms with Gasteiger partial charge in [-0.25, -0.2) is 0 Å².